The lowest BCUT2D eigenvalue weighted by atomic mass is 9.94. The Balaban J connectivity index is 3.24. The summed E-state index contributed by atoms with van der Waals surface area (Å²) in [6.07, 6.45) is 5.07. The Hall–Kier alpha value is -2.09. The van der Waals surface area contributed by atoms with Gasteiger partial charge in [0.15, 0.2) is 0 Å². The minimum Gasteiger partial charge on any atom is -0.342 e. The van der Waals surface area contributed by atoms with Crippen molar-refractivity contribution in [2.24, 2.45) is 0 Å². The Kier molecular flexibility index (Phi) is 5.98. The summed E-state index contributed by atoms with van der Waals surface area (Å²) in [5, 5.41) is 0. The summed E-state index contributed by atoms with van der Waals surface area (Å²) in [6.45, 7) is 14.3. The van der Waals surface area contributed by atoms with Gasteiger partial charge in [-0.1, -0.05) is 56.5 Å². The molecular weight excluding hydrogens is 246 g/mol. The van der Waals surface area contributed by atoms with Crippen LogP contribution in [0.25, 0.3) is 6.08 Å². The number of hydrogen-bond acceptors (Lipinski definition) is 1. The van der Waals surface area contributed by atoms with Gasteiger partial charge in [-0.3, -0.25) is 4.79 Å². The number of hydrogen-bond donors (Lipinski definition) is 0. The van der Waals surface area contributed by atoms with Crippen LogP contribution in [-0.4, -0.2) is 24.4 Å². The summed E-state index contributed by atoms with van der Waals surface area (Å²) in [5.41, 5.74) is 3.57. The molecular formula is C18H23NO. The second-order valence-corrected chi connectivity index (χ2v) is 4.84. The first-order valence-electron chi connectivity index (χ1n) is 6.85. The van der Waals surface area contributed by atoms with Gasteiger partial charge in [0, 0.05) is 19.2 Å². The molecule has 0 saturated carbocycles. The summed E-state index contributed by atoms with van der Waals surface area (Å²) in [4.78, 5) is 14.3. The van der Waals surface area contributed by atoms with E-state index in [9.17, 15) is 4.79 Å². The Labute approximate surface area is 122 Å². The lowest BCUT2D eigenvalue weighted by Crippen LogP contribution is -2.28. The van der Waals surface area contributed by atoms with Gasteiger partial charge in [-0.15, -0.1) is 0 Å². The van der Waals surface area contributed by atoms with Gasteiger partial charge in [0.25, 0.3) is 5.91 Å². The smallest absolute Gasteiger partial charge is 0.253 e. The second kappa shape index (κ2) is 7.49. The maximum atomic E-state index is 12.5. The summed E-state index contributed by atoms with van der Waals surface area (Å²) < 4.78 is 0. The first-order chi connectivity index (χ1) is 9.54. The lowest BCUT2D eigenvalue weighted by Gasteiger charge is -2.19. The van der Waals surface area contributed by atoms with Crippen molar-refractivity contribution in [3.63, 3.8) is 0 Å². The molecule has 0 N–H and O–H groups in total. The molecule has 0 heterocycles. The van der Waals surface area contributed by atoms with Gasteiger partial charge in [0.2, 0.25) is 0 Å². The molecule has 2 heteroatoms. The van der Waals surface area contributed by atoms with Crippen LogP contribution < -0.4 is 0 Å². The van der Waals surface area contributed by atoms with E-state index in [1.807, 2.05) is 25.2 Å². The molecule has 0 fully saturated rings. The van der Waals surface area contributed by atoms with Gasteiger partial charge in [-0.2, -0.15) is 0 Å². The van der Waals surface area contributed by atoms with Gasteiger partial charge >= 0.3 is 0 Å². The van der Waals surface area contributed by atoms with E-state index in [4.69, 9.17) is 0 Å². The van der Waals surface area contributed by atoms with Crippen LogP contribution >= 0.6 is 0 Å². The summed E-state index contributed by atoms with van der Waals surface area (Å²) in [6, 6.07) is 5.73. The first-order valence-corrected chi connectivity index (χ1v) is 6.85. The molecule has 1 amide bonds. The minimum absolute atomic E-state index is 0.0439. The van der Waals surface area contributed by atoms with Crippen molar-refractivity contribution in [2.75, 3.05) is 13.6 Å². The van der Waals surface area contributed by atoms with Crippen LogP contribution in [0.3, 0.4) is 0 Å². The van der Waals surface area contributed by atoms with Gasteiger partial charge in [0.1, 0.15) is 0 Å². The largest absolute Gasteiger partial charge is 0.342 e. The molecule has 0 aliphatic rings. The van der Waals surface area contributed by atoms with Crippen LogP contribution in [0.1, 0.15) is 34.8 Å². The normalized spacial score (nSPS) is 9.90. The van der Waals surface area contributed by atoms with Crippen LogP contribution in [0.4, 0.5) is 0 Å². The Bertz CT molecular complexity index is 528. The van der Waals surface area contributed by atoms with Gasteiger partial charge in [-0.05, 0) is 30.0 Å². The lowest BCUT2D eigenvalue weighted by molar-refractivity contribution is 0.0794. The predicted octanol–water partition coefficient (Wildman–Crippen LogP) is 4.10. The van der Waals surface area contributed by atoms with E-state index in [1.54, 1.807) is 17.1 Å². The number of benzene rings is 1. The molecule has 0 saturated heterocycles. The second-order valence-electron chi connectivity index (χ2n) is 4.84. The highest BCUT2D eigenvalue weighted by molar-refractivity contribution is 5.96. The molecule has 0 spiro atoms. The molecule has 1 aromatic rings. The molecule has 0 radical (unpaired) electrons. The van der Waals surface area contributed by atoms with Gasteiger partial charge < -0.3 is 4.90 Å². The fraction of sp³-hybridized carbons (Fsp3) is 0.278. The number of amides is 1. The number of allylic oxidation sites excluding steroid dienone is 2. The molecule has 20 heavy (non-hydrogen) atoms. The Morgan fingerprint density at radius 2 is 2.05 bits per heavy atom. The number of carbonyl (C=O) groups is 1. The Morgan fingerprint density at radius 1 is 1.35 bits per heavy atom. The number of rotatable bonds is 7. The van der Waals surface area contributed by atoms with E-state index in [0.29, 0.717) is 6.42 Å². The van der Waals surface area contributed by atoms with E-state index in [2.05, 4.69) is 26.7 Å². The van der Waals surface area contributed by atoms with Gasteiger partial charge in [-0.25, -0.2) is 0 Å². The van der Waals surface area contributed by atoms with Crippen molar-refractivity contribution in [1.29, 1.82) is 0 Å². The van der Waals surface area contributed by atoms with E-state index < -0.39 is 0 Å². The molecule has 0 bridgehead atoms. The van der Waals surface area contributed by atoms with Crippen molar-refractivity contribution in [1.82, 2.24) is 4.90 Å². The van der Waals surface area contributed by atoms with E-state index in [0.717, 1.165) is 35.2 Å². The molecule has 0 aliphatic carbocycles. The van der Waals surface area contributed by atoms with Crippen LogP contribution in [-0.2, 0) is 6.42 Å². The minimum atomic E-state index is 0.0439. The third kappa shape index (κ3) is 3.70. The topological polar surface area (TPSA) is 20.3 Å². The monoisotopic (exact) mass is 269 g/mol. The molecule has 1 rings (SSSR count). The first kappa shape index (κ1) is 16.0. The fourth-order valence-electron chi connectivity index (χ4n) is 2.14. The average molecular weight is 269 g/mol. The molecule has 1 aromatic carbocycles. The maximum absolute atomic E-state index is 12.5. The van der Waals surface area contributed by atoms with Crippen molar-refractivity contribution in [3.8, 4) is 0 Å². The van der Waals surface area contributed by atoms with Crippen molar-refractivity contribution < 1.29 is 4.79 Å². The predicted molar refractivity (Wildman–Crippen MR) is 86.8 cm³/mol. The standard InChI is InChI=1S/C18H23NO/c1-6-12-19(5)18(20)16-11-9-10-15(8-3)17(16)13-14(4)7-2/h7-11H,2-4,6,12-13H2,1,5H3. The average Bonchev–Trinajstić information content (AvgIpc) is 2.46. The van der Waals surface area contributed by atoms with Crippen molar-refractivity contribution in [2.45, 2.75) is 19.8 Å². The molecule has 0 aromatic heterocycles. The zero-order valence-electron chi connectivity index (χ0n) is 12.5. The fourth-order valence-corrected chi connectivity index (χ4v) is 2.14. The SMILES string of the molecule is C=CC(=C)Cc1c(C=C)cccc1C(=O)N(C)CCC. The zero-order chi connectivity index (χ0) is 15.1. The molecule has 0 aliphatic heterocycles. The highest BCUT2D eigenvalue weighted by Crippen LogP contribution is 2.21. The highest BCUT2D eigenvalue weighted by atomic mass is 16.2. The molecule has 0 atom stereocenters. The zero-order valence-corrected chi connectivity index (χ0v) is 12.5. The Morgan fingerprint density at radius 3 is 2.60 bits per heavy atom. The van der Waals surface area contributed by atoms with Crippen LogP contribution in [0.15, 0.2) is 49.6 Å². The van der Waals surface area contributed by atoms with E-state index in [-0.39, 0.29) is 5.91 Å². The van der Waals surface area contributed by atoms with E-state index >= 15 is 0 Å². The third-order valence-electron chi connectivity index (χ3n) is 3.26. The van der Waals surface area contributed by atoms with Crippen LogP contribution in [0.2, 0.25) is 0 Å². The van der Waals surface area contributed by atoms with Crippen molar-refractivity contribution in [3.05, 3.63) is 66.3 Å². The maximum Gasteiger partial charge on any atom is 0.253 e. The van der Waals surface area contributed by atoms with Crippen LogP contribution in [0.5, 0.6) is 0 Å². The van der Waals surface area contributed by atoms with Gasteiger partial charge in [0.05, 0.1) is 0 Å². The summed E-state index contributed by atoms with van der Waals surface area (Å²) in [7, 11) is 1.83. The summed E-state index contributed by atoms with van der Waals surface area (Å²) >= 11 is 0. The molecule has 0 unspecified atom stereocenters. The quantitative estimate of drug-likeness (QED) is 0.683. The number of carbonyl (C=O) groups excluding carboxylic acids is 1. The molecule has 106 valence electrons. The van der Waals surface area contributed by atoms with E-state index in [1.165, 1.54) is 0 Å². The third-order valence-corrected chi connectivity index (χ3v) is 3.26. The highest BCUT2D eigenvalue weighted by Gasteiger charge is 2.17. The van der Waals surface area contributed by atoms with Crippen molar-refractivity contribution >= 4 is 12.0 Å². The number of nitrogens with zero attached hydrogens (tertiary/aromatic N) is 1. The van der Waals surface area contributed by atoms with Crippen LogP contribution in [0, 0.1) is 0 Å². The summed E-state index contributed by atoms with van der Waals surface area (Å²) in [5.74, 6) is 0.0439. The molecule has 2 nitrogen and oxygen atoms in total.